The van der Waals surface area contributed by atoms with Gasteiger partial charge in [-0.2, -0.15) is 5.10 Å². The molecule has 0 aliphatic rings. The maximum absolute atomic E-state index is 12.0. The van der Waals surface area contributed by atoms with Gasteiger partial charge in [0.25, 0.3) is 0 Å². The van der Waals surface area contributed by atoms with Crippen LogP contribution >= 0.6 is 0 Å². The SMILES string of the molecule is COC(=O)c1n[nH]c2ccc(NS(=O)(=O)C[C@@H](C)OC)cc12. The number of nitrogens with one attached hydrogen (secondary N) is 2. The molecule has 1 aromatic heterocycles. The molecule has 0 aliphatic carbocycles. The van der Waals surface area contributed by atoms with Gasteiger partial charge in [0.15, 0.2) is 5.69 Å². The number of aromatic nitrogens is 2. The number of sulfonamides is 1. The van der Waals surface area contributed by atoms with Crippen LogP contribution in [0, 0.1) is 0 Å². The first kappa shape index (κ1) is 16.2. The highest BCUT2D eigenvalue weighted by molar-refractivity contribution is 7.92. The van der Waals surface area contributed by atoms with Crippen LogP contribution in [-0.2, 0) is 19.5 Å². The van der Waals surface area contributed by atoms with Crippen molar-refractivity contribution in [3.63, 3.8) is 0 Å². The summed E-state index contributed by atoms with van der Waals surface area (Å²) in [6.45, 7) is 1.66. The second-order valence-electron chi connectivity index (χ2n) is 4.75. The van der Waals surface area contributed by atoms with E-state index in [-0.39, 0.29) is 11.4 Å². The van der Waals surface area contributed by atoms with E-state index in [0.717, 1.165) is 0 Å². The number of esters is 1. The second kappa shape index (κ2) is 6.32. The standard InChI is InChI=1S/C13H17N3O5S/c1-8(20-2)7-22(18,19)16-9-4-5-11-10(6-9)12(15-14-11)13(17)21-3/h4-6,8,16H,7H2,1-3H3,(H,14,15)/t8-/m1/s1. The van der Waals surface area contributed by atoms with Crippen molar-refractivity contribution in [3.05, 3.63) is 23.9 Å². The van der Waals surface area contributed by atoms with E-state index in [1.54, 1.807) is 19.1 Å². The summed E-state index contributed by atoms with van der Waals surface area (Å²) in [4.78, 5) is 11.6. The third-order valence-corrected chi connectivity index (χ3v) is 4.53. The molecule has 0 amide bonds. The summed E-state index contributed by atoms with van der Waals surface area (Å²) in [6.07, 6.45) is -0.430. The fourth-order valence-corrected chi connectivity index (χ4v) is 3.25. The van der Waals surface area contributed by atoms with Crippen molar-refractivity contribution in [1.82, 2.24) is 10.2 Å². The van der Waals surface area contributed by atoms with Crippen molar-refractivity contribution in [1.29, 1.82) is 0 Å². The van der Waals surface area contributed by atoms with Crippen LogP contribution in [0.1, 0.15) is 17.4 Å². The Morgan fingerprint density at radius 1 is 1.41 bits per heavy atom. The topological polar surface area (TPSA) is 110 Å². The van der Waals surface area contributed by atoms with E-state index in [2.05, 4.69) is 19.7 Å². The van der Waals surface area contributed by atoms with Crippen LogP contribution in [-0.4, -0.2) is 50.7 Å². The Hall–Kier alpha value is -2.13. The molecule has 0 saturated heterocycles. The molecular weight excluding hydrogens is 310 g/mol. The Kier molecular flexibility index (Phi) is 4.67. The maximum atomic E-state index is 12.0. The van der Waals surface area contributed by atoms with E-state index in [0.29, 0.717) is 16.6 Å². The van der Waals surface area contributed by atoms with E-state index in [9.17, 15) is 13.2 Å². The van der Waals surface area contributed by atoms with Gasteiger partial charge in [-0.15, -0.1) is 0 Å². The third-order valence-electron chi connectivity index (χ3n) is 3.07. The highest BCUT2D eigenvalue weighted by atomic mass is 32.2. The fraction of sp³-hybridized carbons (Fsp3) is 0.385. The second-order valence-corrected chi connectivity index (χ2v) is 6.52. The number of aromatic amines is 1. The number of benzene rings is 1. The molecule has 2 rings (SSSR count). The Bertz CT molecular complexity index is 784. The van der Waals surface area contributed by atoms with Crippen LogP contribution in [0.15, 0.2) is 18.2 Å². The third kappa shape index (κ3) is 3.55. The number of methoxy groups -OCH3 is 2. The highest BCUT2D eigenvalue weighted by Crippen LogP contribution is 2.22. The zero-order valence-electron chi connectivity index (χ0n) is 12.4. The van der Waals surface area contributed by atoms with Crippen molar-refractivity contribution in [2.24, 2.45) is 0 Å². The Morgan fingerprint density at radius 2 is 2.14 bits per heavy atom. The lowest BCUT2D eigenvalue weighted by Crippen LogP contribution is -2.25. The lowest BCUT2D eigenvalue weighted by atomic mass is 10.2. The van der Waals surface area contributed by atoms with Gasteiger partial charge in [0.05, 0.1) is 24.5 Å². The summed E-state index contributed by atoms with van der Waals surface area (Å²) in [6, 6.07) is 4.74. The Morgan fingerprint density at radius 3 is 2.77 bits per heavy atom. The number of H-pyrrole nitrogens is 1. The monoisotopic (exact) mass is 327 g/mol. The number of rotatable bonds is 6. The number of nitrogens with zero attached hydrogens (tertiary/aromatic N) is 1. The van der Waals surface area contributed by atoms with E-state index in [1.165, 1.54) is 20.3 Å². The molecule has 0 unspecified atom stereocenters. The first-order valence-electron chi connectivity index (χ1n) is 6.46. The molecule has 8 nitrogen and oxygen atoms in total. The van der Waals surface area contributed by atoms with Crippen molar-refractivity contribution in [3.8, 4) is 0 Å². The molecule has 120 valence electrons. The van der Waals surface area contributed by atoms with Gasteiger partial charge in [0.1, 0.15) is 0 Å². The van der Waals surface area contributed by atoms with Crippen molar-refractivity contribution in [2.75, 3.05) is 24.7 Å². The lowest BCUT2D eigenvalue weighted by Gasteiger charge is -2.12. The van der Waals surface area contributed by atoms with Crippen molar-refractivity contribution < 1.29 is 22.7 Å². The highest BCUT2D eigenvalue weighted by Gasteiger charge is 2.18. The number of carbonyl (C=O) groups is 1. The van der Waals surface area contributed by atoms with E-state index in [4.69, 9.17) is 4.74 Å². The molecule has 2 aromatic rings. The molecule has 0 aliphatic heterocycles. The van der Waals surface area contributed by atoms with Crippen LogP contribution in [0.3, 0.4) is 0 Å². The summed E-state index contributed by atoms with van der Waals surface area (Å²) < 4.78 is 36.1. The molecule has 0 saturated carbocycles. The number of fused-ring (bicyclic) bond motifs is 1. The number of anilines is 1. The maximum Gasteiger partial charge on any atom is 0.359 e. The first-order valence-corrected chi connectivity index (χ1v) is 8.11. The Labute approximate surface area is 127 Å². The van der Waals surface area contributed by atoms with Crippen molar-refractivity contribution in [2.45, 2.75) is 13.0 Å². The molecule has 0 bridgehead atoms. The summed E-state index contributed by atoms with van der Waals surface area (Å²) in [7, 11) is -0.862. The van der Waals surface area contributed by atoms with Crippen LogP contribution in [0.5, 0.6) is 0 Å². The molecule has 1 aromatic carbocycles. The van der Waals surface area contributed by atoms with E-state index in [1.807, 2.05) is 0 Å². The normalized spacial score (nSPS) is 13.0. The average Bonchev–Trinajstić information content (AvgIpc) is 2.88. The molecule has 9 heteroatoms. The zero-order chi connectivity index (χ0) is 16.3. The minimum atomic E-state index is -3.56. The van der Waals surface area contributed by atoms with Gasteiger partial charge < -0.3 is 9.47 Å². The van der Waals surface area contributed by atoms with Crippen LogP contribution in [0.2, 0.25) is 0 Å². The zero-order valence-corrected chi connectivity index (χ0v) is 13.2. The van der Waals surface area contributed by atoms with E-state index < -0.39 is 22.1 Å². The first-order chi connectivity index (χ1) is 10.4. The predicted octanol–water partition coefficient (Wildman–Crippen LogP) is 1.13. The largest absolute Gasteiger partial charge is 0.464 e. The molecule has 2 N–H and O–H groups in total. The summed E-state index contributed by atoms with van der Waals surface area (Å²) in [5, 5.41) is 7.03. The lowest BCUT2D eigenvalue weighted by molar-refractivity contribution is 0.0596. The molecule has 0 fully saturated rings. The summed E-state index contributed by atoms with van der Waals surface area (Å²) in [5.74, 6) is -0.768. The Balaban J connectivity index is 2.31. The van der Waals surface area contributed by atoms with E-state index >= 15 is 0 Å². The average molecular weight is 327 g/mol. The molecular formula is C13H17N3O5S. The minimum absolute atomic E-state index is 0.101. The van der Waals surface area contributed by atoms with Crippen LogP contribution in [0.4, 0.5) is 5.69 Å². The number of hydrogen-bond acceptors (Lipinski definition) is 6. The molecule has 1 atom stereocenters. The van der Waals surface area contributed by atoms with Gasteiger partial charge >= 0.3 is 5.97 Å². The quantitative estimate of drug-likeness (QED) is 0.769. The minimum Gasteiger partial charge on any atom is -0.464 e. The molecule has 22 heavy (non-hydrogen) atoms. The molecule has 0 radical (unpaired) electrons. The number of hydrogen-bond donors (Lipinski definition) is 2. The fourth-order valence-electron chi connectivity index (χ4n) is 1.93. The van der Waals surface area contributed by atoms with Crippen LogP contribution < -0.4 is 4.72 Å². The summed E-state index contributed by atoms with van der Waals surface area (Å²) in [5.41, 5.74) is 1.04. The molecule has 1 heterocycles. The van der Waals surface area contributed by atoms with Crippen molar-refractivity contribution >= 4 is 32.6 Å². The van der Waals surface area contributed by atoms with Gasteiger partial charge in [-0.3, -0.25) is 9.82 Å². The van der Waals surface area contributed by atoms with Crippen LogP contribution in [0.25, 0.3) is 10.9 Å². The number of ether oxygens (including phenoxy) is 2. The smallest absolute Gasteiger partial charge is 0.359 e. The van der Waals surface area contributed by atoms with Gasteiger partial charge in [-0.25, -0.2) is 13.2 Å². The summed E-state index contributed by atoms with van der Waals surface area (Å²) >= 11 is 0. The van der Waals surface area contributed by atoms with Gasteiger partial charge in [-0.1, -0.05) is 0 Å². The number of carbonyl (C=O) groups excluding carboxylic acids is 1. The predicted molar refractivity (Wildman–Crippen MR) is 81.3 cm³/mol. The van der Waals surface area contributed by atoms with Gasteiger partial charge in [0.2, 0.25) is 10.0 Å². The van der Waals surface area contributed by atoms with Gasteiger partial charge in [0, 0.05) is 18.2 Å². The van der Waals surface area contributed by atoms with Gasteiger partial charge in [-0.05, 0) is 25.1 Å². The molecule has 0 spiro atoms.